The Kier molecular flexibility index (Phi) is 4.92. The molecule has 0 aliphatic carbocycles. The topological polar surface area (TPSA) is 56.1 Å². The number of rotatable bonds is 6. The first-order valence-electron chi connectivity index (χ1n) is 6.42. The van der Waals surface area contributed by atoms with Crippen LogP contribution in [0.25, 0.3) is 0 Å². The third-order valence-electron chi connectivity index (χ3n) is 3.04. The van der Waals surface area contributed by atoms with Crippen LogP contribution in [-0.4, -0.2) is 35.9 Å². The number of aromatic nitrogens is 2. The van der Waals surface area contributed by atoms with Crippen molar-refractivity contribution in [2.75, 3.05) is 20.3 Å². The van der Waals surface area contributed by atoms with E-state index in [1.807, 2.05) is 30.0 Å². The molecule has 2 aromatic heterocycles. The van der Waals surface area contributed by atoms with E-state index in [1.54, 1.807) is 11.3 Å². The molecule has 1 amide bonds. The lowest BCUT2D eigenvalue weighted by molar-refractivity contribution is -0.124. The van der Waals surface area contributed by atoms with Crippen molar-refractivity contribution in [3.8, 4) is 0 Å². The molecular formula is C14H19N3O2S. The van der Waals surface area contributed by atoms with Crippen LogP contribution < -0.4 is 5.32 Å². The van der Waals surface area contributed by atoms with Crippen LogP contribution in [0.2, 0.25) is 0 Å². The Bertz CT molecular complexity index is 563. The second-order valence-corrected chi connectivity index (χ2v) is 5.46. The summed E-state index contributed by atoms with van der Waals surface area (Å²) in [7, 11) is 1.51. The summed E-state index contributed by atoms with van der Waals surface area (Å²) < 4.78 is 6.79. The van der Waals surface area contributed by atoms with E-state index in [2.05, 4.69) is 21.9 Å². The molecule has 5 nitrogen and oxygen atoms in total. The van der Waals surface area contributed by atoms with E-state index < -0.39 is 0 Å². The fraction of sp³-hybridized carbons (Fsp3) is 0.429. The van der Waals surface area contributed by atoms with Crippen LogP contribution in [-0.2, 0) is 9.53 Å². The fourth-order valence-electron chi connectivity index (χ4n) is 2.16. The molecule has 0 fully saturated rings. The lowest BCUT2D eigenvalue weighted by Crippen LogP contribution is -2.34. The number of methoxy groups -OCH3 is 1. The van der Waals surface area contributed by atoms with Crippen LogP contribution >= 0.6 is 11.3 Å². The van der Waals surface area contributed by atoms with E-state index in [9.17, 15) is 4.79 Å². The van der Waals surface area contributed by atoms with Crippen LogP contribution in [0.4, 0.5) is 0 Å². The number of carbonyl (C=O) groups is 1. The van der Waals surface area contributed by atoms with Crippen LogP contribution in [0.5, 0.6) is 0 Å². The zero-order chi connectivity index (χ0) is 14.5. The molecule has 0 aliphatic rings. The summed E-state index contributed by atoms with van der Waals surface area (Å²) in [5.41, 5.74) is 3.21. The molecule has 0 bridgehead atoms. The van der Waals surface area contributed by atoms with Gasteiger partial charge in [0.15, 0.2) is 0 Å². The maximum absolute atomic E-state index is 11.6. The van der Waals surface area contributed by atoms with Gasteiger partial charge in [0.1, 0.15) is 6.61 Å². The second-order valence-electron chi connectivity index (χ2n) is 4.68. The lowest BCUT2D eigenvalue weighted by Gasteiger charge is -2.19. The van der Waals surface area contributed by atoms with E-state index in [0.29, 0.717) is 6.54 Å². The summed E-state index contributed by atoms with van der Waals surface area (Å²) in [6.45, 7) is 4.57. The van der Waals surface area contributed by atoms with Gasteiger partial charge in [-0.2, -0.15) is 16.4 Å². The van der Waals surface area contributed by atoms with Crippen molar-refractivity contribution in [3.05, 3.63) is 39.8 Å². The molecule has 1 N–H and O–H groups in total. The molecule has 6 heteroatoms. The molecule has 0 aliphatic heterocycles. The number of thiophene rings is 1. The monoisotopic (exact) mass is 293 g/mol. The van der Waals surface area contributed by atoms with Gasteiger partial charge in [-0.1, -0.05) is 0 Å². The molecule has 20 heavy (non-hydrogen) atoms. The molecule has 0 saturated carbocycles. The Hall–Kier alpha value is -1.66. The van der Waals surface area contributed by atoms with Gasteiger partial charge in [-0.25, -0.2) is 0 Å². The van der Waals surface area contributed by atoms with Crippen LogP contribution in [0, 0.1) is 13.8 Å². The number of hydrogen-bond acceptors (Lipinski definition) is 4. The maximum atomic E-state index is 11.6. The van der Waals surface area contributed by atoms with E-state index in [4.69, 9.17) is 4.74 Å². The maximum Gasteiger partial charge on any atom is 0.246 e. The minimum atomic E-state index is -0.116. The van der Waals surface area contributed by atoms with Crippen LogP contribution in [0.3, 0.4) is 0 Å². The number of amides is 1. The Morgan fingerprint density at radius 1 is 1.55 bits per heavy atom. The largest absolute Gasteiger partial charge is 0.375 e. The average molecular weight is 293 g/mol. The van der Waals surface area contributed by atoms with Crippen molar-refractivity contribution in [1.82, 2.24) is 15.1 Å². The molecule has 0 aromatic carbocycles. The summed E-state index contributed by atoms with van der Waals surface area (Å²) >= 11 is 1.64. The Balaban J connectivity index is 2.18. The molecule has 0 saturated heterocycles. The van der Waals surface area contributed by atoms with Gasteiger partial charge in [0.05, 0.1) is 11.7 Å². The van der Waals surface area contributed by atoms with Crippen molar-refractivity contribution in [2.45, 2.75) is 19.9 Å². The summed E-state index contributed by atoms with van der Waals surface area (Å²) in [6.07, 6.45) is 0. The number of hydrogen-bond donors (Lipinski definition) is 1. The van der Waals surface area contributed by atoms with E-state index in [-0.39, 0.29) is 18.6 Å². The molecule has 0 unspecified atom stereocenters. The first kappa shape index (κ1) is 14.7. The smallest absolute Gasteiger partial charge is 0.246 e. The fourth-order valence-corrected chi connectivity index (χ4v) is 2.87. The highest BCUT2D eigenvalue weighted by molar-refractivity contribution is 7.07. The molecule has 2 rings (SSSR count). The third-order valence-corrected chi connectivity index (χ3v) is 3.74. The Labute approximate surface area is 122 Å². The summed E-state index contributed by atoms with van der Waals surface area (Å²) in [4.78, 5) is 11.6. The number of aryl methyl sites for hydroxylation is 2. The van der Waals surface area contributed by atoms with Crippen molar-refractivity contribution < 1.29 is 9.53 Å². The van der Waals surface area contributed by atoms with Gasteiger partial charge in [-0.05, 0) is 42.3 Å². The van der Waals surface area contributed by atoms with Gasteiger partial charge in [0.25, 0.3) is 0 Å². The predicted octanol–water partition coefficient (Wildman–Crippen LogP) is 1.91. The predicted molar refractivity (Wildman–Crippen MR) is 79.0 cm³/mol. The minimum absolute atomic E-state index is 0.00996. The standard InChI is InChI=1S/C14H19N3O2S/c1-10-6-11(2)17(16-10)13(12-4-5-20-9-12)7-15-14(18)8-19-3/h4-6,9,13H,7-8H2,1-3H3,(H,15,18)/t13-/m1/s1. The van der Waals surface area contributed by atoms with Crippen molar-refractivity contribution in [2.24, 2.45) is 0 Å². The molecule has 1 atom stereocenters. The van der Waals surface area contributed by atoms with E-state index in [0.717, 1.165) is 17.0 Å². The van der Waals surface area contributed by atoms with Crippen LogP contribution in [0.1, 0.15) is 23.0 Å². The summed E-state index contributed by atoms with van der Waals surface area (Å²) in [6, 6.07) is 4.11. The molecule has 108 valence electrons. The summed E-state index contributed by atoms with van der Waals surface area (Å²) in [5.74, 6) is -0.116. The highest BCUT2D eigenvalue weighted by Gasteiger charge is 2.18. The molecule has 2 heterocycles. The zero-order valence-corrected chi connectivity index (χ0v) is 12.7. The van der Waals surface area contributed by atoms with Gasteiger partial charge in [-0.3, -0.25) is 9.48 Å². The van der Waals surface area contributed by atoms with Gasteiger partial charge in [0, 0.05) is 19.3 Å². The minimum Gasteiger partial charge on any atom is -0.375 e. The Morgan fingerprint density at radius 2 is 2.35 bits per heavy atom. The number of nitrogens with zero attached hydrogens (tertiary/aromatic N) is 2. The van der Waals surface area contributed by atoms with E-state index in [1.165, 1.54) is 7.11 Å². The van der Waals surface area contributed by atoms with Crippen molar-refractivity contribution in [3.63, 3.8) is 0 Å². The molecule has 2 aromatic rings. The number of carbonyl (C=O) groups excluding carboxylic acids is 1. The van der Waals surface area contributed by atoms with E-state index >= 15 is 0 Å². The quantitative estimate of drug-likeness (QED) is 0.885. The zero-order valence-electron chi connectivity index (χ0n) is 11.9. The first-order valence-corrected chi connectivity index (χ1v) is 7.36. The SMILES string of the molecule is COCC(=O)NC[C@H](c1ccsc1)n1nc(C)cc1C. The van der Waals surface area contributed by atoms with Gasteiger partial charge >= 0.3 is 0 Å². The van der Waals surface area contributed by atoms with Gasteiger partial charge in [-0.15, -0.1) is 0 Å². The number of ether oxygens (including phenoxy) is 1. The third kappa shape index (κ3) is 3.46. The van der Waals surface area contributed by atoms with Crippen molar-refractivity contribution in [1.29, 1.82) is 0 Å². The number of nitrogens with one attached hydrogen (secondary N) is 1. The normalized spacial score (nSPS) is 12.3. The molecular weight excluding hydrogens is 274 g/mol. The van der Waals surface area contributed by atoms with Crippen LogP contribution in [0.15, 0.2) is 22.9 Å². The second kappa shape index (κ2) is 6.67. The first-order chi connectivity index (χ1) is 9.61. The van der Waals surface area contributed by atoms with Crippen molar-refractivity contribution >= 4 is 17.2 Å². The molecule has 0 radical (unpaired) electrons. The van der Waals surface area contributed by atoms with Gasteiger partial charge in [0.2, 0.25) is 5.91 Å². The Morgan fingerprint density at radius 3 is 2.90 bits per heavy atom. The lowest BCUT2D eigenvalue weighted by atomic mass is 10.1. The molecule has 0 spiro atoms. The highest BCUT2D eigenvalue weighted by Crippen LogP contribution is 2.22. The highest BCUT2D eigenvalue weighted by atomic mass is 32.1. The summed E-state index contributed by atoms with van der Waals surface area (Å²) in [5, 5.41) is 11.5. The average Bonchev–Trinajstić information content (AvgIpc) is 3.01. The van der Waals surface area contributed by atoms with Gasteiger partial charge < -0.3 is 10.1 Å².